The number of anilines is 3. The number of rotatable bonds is 6. The lowest BCUT2D eigenvalue weighted by atomic mass is 9.59. The highest BCUT2D eigenvalue weighted by atomic mass is 15.1. The van der Waals surface area contributed by atoms with Crippen LogP contribution in [0.15, 0.2) is 194 Å². The Hall–Kier alpha value is -6.45. The third kappa shape index (κ3) is 4.48. The van der Waals surface area contributed by atoms with E-state index in [-0.39, 0.29) is 5.92 Å². The average Bonchev–Trinajstić information content (AvgIpc) is 3.55. The number of hydrogen-bond acceptors (Lipinski definition) is 2. The third-order valence-corrected chi connectivity index (χ3v) is 10.8. The maximum absolute atomic E-state index is 5.09. The van der Waals surface area contributed by atoms with Crippen LogP contribution >= 0.6 is 0 Å². The summed E-state index contributed by atoms with van der Waals surface area (Å²) >= 11 is 0. The van der Waals surface area contributed by atoms with Crippen molar-refractivity contribution in [3.05, 3.63) is 228 Å². The Morgan fingerprint density at radius 1 is 0.569 bits per heavy atom. The van der Waals surface area contributed by atoms with Gasteiger partial charge in [-0.1, -0.05) is 133 Å². The van der Waals surface area contributed by atoms with Gasteiger partial charge in [-0.05, 0) is 94.4 Å². The predicted molar refractivity (Wildman–Crippen MR) is 209 cm³/mol. The molecule has 1 aliphatic carbocycles. The van der Waals surface area contributed by atoms with Crippen molar-refractivity contribution in [2.75, 3.05) is 4.90 Å². The highest BCUT2D eigenvalue weighted by molar-refractivity contribution is 5.99. The van der Waals surface area contributed by atoms with Gasteiger partial charge in [0.2, 0.25) is 0 Å². The van der Waals surface area contributed by atoms with Gasteiger partial charge in [0.25, 0.3) is 0 Å². The minimum Gasteiger partial charge on any atom is -0.310 e. The van der Waals surface area contributed by atoms with Crippen LogP contribution in [0.4, 0.5) is 17.1 Å². The number of benzene rings is 6. The first-order valence-electron chi connectivity index (χ1n) is 17.7. The minimum atomic E-state index is -0.612. The first-order chi connectivity index (χ1) is 25.3. The number of pyridine rings is 1. The molecule has 242 valence electrons. The molecule has 1 unspecified atom stereocenters. The SMILES string of the molecule is C1=C2c3c(c4cccnc4n3-c3ccc(N(c4ccccc4)c4ccccc4)cc3C2(c2ccccc2)c2ccccc2)CC1c1ccccc1. The molecule has 0 saturated heterocycles. The molecular weight excluding hydrogens is 619 g/mol. The largest absolute Gasteiger partial charge is 0.310 e. The maximum Gasteiger partial charge on any atom is 0.145 e. The smallest absolute Gasteiger partial charge is 0.145 e. The van der Waals surface area contributed by atoms with Gasteiger partial charge in [0.05, 0.1) is 16.8 Å². The quantitative estimate of drug-likeness (QED) is 0.178. The van der Waals surface area contributed by atoms with E-state index in [0.717, 1.165) is 34.8 Å². The molecular formula is C48H35N3. The van der Waals surface area contributed by atoms with Crippen molar-refractivity contribution < 1.29 is 0 Å². The van der Waals surface area contributed by atoms with Crippen molar-refractivity contribution in [1.29, 1.82) is 0 Å². The second-order valence-corrected chi connectivity index (χ2v) is 13.5. The fraction of sp³-hybridized carbons (Fsp3) is 0.0625. The summed E-state index contributed by atoms with van der Waals surface area (Å²) in [7, 11) is 0. The summed E-state index contributed by atoms with van der Waals surface area (Å²) < 4.78 is 2.45. The van der Waals surface area contributed by atoms with Crippen LogP contribution in [0, 0.1) is 0 Å². The highest BCUT2D eigenvalue weighted by Crippen LogP contribution is 2.59. The van der Waals surface area contributed by atoms with Gasteiger partial charge in [-0.15, -0.1) is 0 Å². The van der Waals surface area contributed by atoms with E-state index in [4.69, 9.17) is 4.98 Å². The molecule has 0 N–H and O–H groups in total. The van der Waals surface area contributed by atoms with E-state index in [2.05, 4.69) is 198 Å². The van der Waals surface area contributed by atoms with Crippen LogP contribution in [-0.2, 0) is 11.8 Å². The lowest BCUT2D eigenvalue weighted by Crippen LogP contribution is -2.38. The first-order valence-corrected chi connectivity index (χ1v) is 17.7. The Balaban J connectivity index is 1.36. The molecule has 2 aliphatic rings. The number of aromatic nitrogens is 2. The van der Waals surface area contributed by atoms with E-state index in [1.165, 1.54) is 44.5 Å². The Morgan fingerprint density at radius 2 is 1.14 bits per heavy atom. The van der Waals surface area contributed by atoms with Crippen molar-refractivity contribution in [3.63, 3.8) is 0 Å². The van der Waals surface area contributed by atoms with Crippen molar-refractivity contribution in [2.45, 2.75) is 17.8 Å². The molecule has 0 amide bonds. The predicted octanol–water partition coefficient (Wildman–Crippen LogP) is 11.6. The van der Waals surface area contributed by atoms with Crippen LogP contribution in [0.2, 0.25) is 0 Å². The van der Waals surface area contributed by atoms with Gasteiger partial charge >= 0.3 is 0 Å². The molecule has 2 aromatic heterocycles. The maximum atomic E-state index is 5.09. The fourth-order valence-corrected chi connectivity index (χ4v) is 8.75. The lowest BCUT2D eigenvalue weighted by Gasteiger charge is -2.46. The van der Waals surface area contributed by atoms with Gasteiger partial charge < -0.3 is 4.90 Å². The molecule has 0 fully saturated rings. The Bertz CT molecular complexity index is 2460. The molecule has 1 atom stereocenters. The van der Waals surface area contributed by atoms with Crippen LogP contribution < -0.4 is 4.90 Å². The zero-order chi connectivity index (χ0) is 33.8. The molecule has 6 aromatic carbocycles. The van der Waals surface area contributed by atoms with Gasteiger partial charge in [-0.2, -0.15) is 0 Å². The lowest BCUT2D eigenvalue weighted by molar-refractivity contribution is 0.718. The fourth-order valence-electron chi connectivity index (χ4n) is 8.75. The van der Waals surface area contributed by atoms with E-state index in [1.54, 1.807) is 0 Å². The summed E-state index contributed by atoms with van der Waals surface area (Å²) in [5.74, 6) is 0.203. The summed E-state index contributed by atoms with van der Waals surface area (Å²) in [6.07, 6.45) is 5.43. The first kappa shape index (κ1) is 29.5. The number of hydrogen-bond donors (Lipinski definition) is 0. The second-order valence-electron chi connectivity index (χ2n) is 13.5. The van der Waals surface area contributed by atoms with Crippen molar-refractivity contribution in [2.24, 2.45) is 0 Å². The van der Waals surface area contributed by atoms with Crippen LogP contribution in [0.5, 0.6) is 0 Å². The molecule has 8 aromatic rings. The van der Waals surface area contributed by atoms with Crippen LogP contribution in [0.3, 0.4) is 0 Å². The van der Waals surface area contributed by atoms with Gasteiger partial charge in [0.15, 0.2) is 0 Å². The molecule has 3 heteroatoms. The van der Waals surface area contributed by atoms with E-state index >= 15 is 0 Å². The topological polar surface area (TPSA) is 21.1 Å². The number of para-hydroxylation sites is 2. The normalized spacial score (nSPS) is 15.5. The second kappa shape index (κ2) is 11.9. The summed E-state index contributed by atoms with van der Waals surface area (Å²) in [6.45, 7) is 0. The van der Waals surface area contributed by atoms with Crippen LogP contribution in [-0.4, -0.2) is 9.55 Å². The summed E-state index contributed by atoms with van der Waals surface area (Å²) in [4.78, 5) is 7.46. The molecule has 51 heavy (non-hydrogen) atoms. The van der Waals surface area contributed by atoms with Crippen molar-refractivity contribution >= 4 is 33.7 Å². The zero-order valence-corrected chi connectivity index (χ0v) is 28.1. The monoisotopic (exact) mass is 653 g/mol. The number of fused-ring (bicyclic) bond motifs is 5. The standard InChI is InChI=1S/C48H35N3/c1-6-17-34(18-7-1)35-31-42-41-27-16-30-49-47(41)51-45-29-28-40(50(38-23-12-4-13-24-38)39-25-14-5-15-26-39)33-43(45)48(44(32-35)46(42)51,36-19-8-2-9-20-36)37-21-10-3-11-22-37/h1-30,32-33,35H,31H2. The minimum absolute atomic E-state index is 0.203. The molecule has 3 heterocycles. The van der Waals surface area contributed by atoms with Gasteiger partial charge in [0.1, 0.15) is 5.65 Å². The molecule has 0 spiro atoms. The van der Waals surface area contributed by atoms with Crippen molar-refractivity contribution in [1.82, 2.24) is 9.55 Å². The molecule has 0 bridgehead atoms. The number of nitrogens with zero attached hydrogens (tertiary/aromatic N) is 3. The summed E-state index contributed by atoms with van der Waals surface area (Å²) in [6, 6.07) is 66.1. The Morgan fingerprint density at radius 3 is 1.75 bits per heavy atom. The van der Waals surface area contributed by atoms with Gasteiger partial charge in [0, 0.05) is 34.6 Å². The van der Waals surface area contributed by atoms with E-state index in [9.17, 15) is 0 Å². The van der Waals surface area contributed by atoms with Gasteiger partial charge in [-0.3, -0.25) is 4.57 Å². The molecule has 3 nitrogen and oxygen atoms in total. The molecule has 1 aliphatic heterocycles. The number of allylic oxidation sites excluding steroid dienone is 2. The highest BCUT2D eigenvalue weighted by Gasteiger charge is 2.49. The molecule has 0 saturated carbocycles. The van der Waals surface area contributed by atoms with E-state index in [0.29, 0.717) is 0 Å². The molecule has 10 rings (SSSR count). The van der Waals surface area contributed by atoms with E-state index in [1.807, 2.05) is 6.20 Å². The zero-order valence-electron chi connectivity index (χ0n) is 28.1. The molecule has 0 radical (unpaired) electrons. The van der Waals surface area contributed by atoms with E-state index < -0.39 is 5.41 Å². The van der Waals surface area contributed by atoms with Crippen molar-refractivity contribution in [3.8, 4) is 5.69 Å². The average molecular weight is 654 g/mol. The van der Waals surface area contributed by atoms with Crippen LogP contribution in [0.1, 0.15) is 39.4 Å². The Kier molecular flexibility index (Phi) is 6.85. The summed E-state index contributed by atoms with van der Waals surface area (Å²) in [5.41, 5.74) is 13.9. The van der Waals surface area contributed by atoms with Gasteiger partial charge in [-0.25, -0.2) is 4.98 Å². The van der Waals surface area contributed by atoms with Crippen LogP contribution in [0.25, 0.3) is 22.3 Å². The summed E-state index contributed by atoms with van der Waals surface area (Å²) in [5, 5.41) is 1.22. The third-order valence-electron chi connectivity index (χ3n) is 10.8. The Labute approximate surface area is 298 Å².